The molecule has 3 heteroatoms. The predicted molar refractivity (Wildman–Crippen MR) is 74.7 cm³/mol. The summed E-state index contributed by atoms with van der Waals surface area (Å²) in [5.74, 6) is -0.908. The number of unbranched alkanes of at least 4 members (excludes halogenated alkanes) is 9. The van der Waals surface area contributed by atoms with Gasteiger partial charge in [0, 0.05) is 0 Å². The summed E-state index contributed by atoms with van der Waals surface area (Å²) in [5.41, 5.74) is 0. The van der Waals surface area contributed by atoms with E-state index in [9.17, 15) is 9.90 Å². The number of carboxylic acid groups (broad SMARTS) is 1. The van der Waals surface area contributed by atoms with Crippen molar-refractivity contribution in [1.29, 1.82) is 0 Å². The summed E-state index contributed by atoms with van der Waals surface area (Å²) in [7, 11) is 0. The molecule has 0 aromatic rings. The van der Waals surface area contributed by atoms with E-state index < -0.39 is 12.1 Å². The van der Waals surface area contributed by atoms with Crippen molar-refractivity contribution in [3.05, 3.63) is 0 Å². The monoisotopic (exact) mass is 258 g/mol. The fourth-order valence-corrected chi connectivity index (χ4v) is 2.17. The second-order valence-corrected chi connectivity index (χ2v) is 5.22. The van der Waals surface area contributed by atoms with Crippen LogP contribution in [0.3, 0.4) is 0 Å². The molecule has 0 bridgehead atoms. The Kier molecular flexibility index (Phi) is 12.5. The van der Waals surface area contributed by atoms with E-state index in [2.05, 4.69) is 6.92 Å². The molecule has 2 N–H and O–H groups in total. The summed E-state index contributed by atoms with van der Waals surface area (Å²) in [6.45, 7) is 2.23. The highest BCUT2D eigenvalue weighted by Gasteiger charge is 2.08. The largest absolute Gasteiger partial charge is 0.481 e. The third-order valence-electron chi connectivity index (χ3n) is 3.30. The molecule has 108 valence electrons. The lowest BCUT2D eigenvalue weighted by atomic mass is 10.0. The Morgan fingerprint density at radius 1 is 0.889 bits per heavy atom. The van der Waals surface area contributed by atoms with Crippen LogP contribution in [0.4, 0.5) is 0 Å². The van der Waals surface area contributed by atoms with E-state index in [1.807, 2.05) is 0 Å². The Bertz CT molecular complexity index is 192. The molecule has 0 amide bonds. The quantitative estimate of drug-likeness (QED) is 0.488. The lowest BCUT2D eigenvalue weighted by Gasteiger charge is -2.07. The van der Waals surface area contributed by atoms with Crippen LogP contribution >= 0.6 is 0 Å². The van der Waals surface area contributed by atoms with Gasteiger partial charge in [0.15, 0.2) is 0 Å². The molecule has 0 unspecified atom stereocenters. The Hall–Kier alpha value is -0.570. The van der Waals surface area contributed by atoms with E-state index in [1.54, 1.807) is 0 Å². The van der Waals surface area contributed by atoms with Crippen LogP contribution in [-0.2, 0) is 4.79 Å². The van der Waals surface area contributed by atoms with Gasteiger partial charge in [0.1, 0.15) is 0 Å². The summed E-state index contributed by atoms with van der Waals surface area (Å²) < 4.78 is 0. The van der Waals surface area contributed by atoms with Gasteiger partial charge < -0.3 is 10.2 Å². The third-order valence-corrected chi connectivity index (χ3v) is 3.30. The molecule has 0 saturated carbocycles. The molecule has 18 heavy (non-hydrogen) atoms. The smallest absolute Gasteiger partial charge is 0.305 e. The minimum absolute atomic E-state index is 0.114. The Morgan fingerprint density at radius 2 is 1.33 bits per heavy atom. The maximum Gasteiger partial charge on any atom is 0.305 e. The molecule has 0 aliphatic carbocycles. The first-order chi connectivity index (χ1) is 8.66. The van der Waals surface area contributed by atoms with Crippen LogP contribution < -0.4 is 0 Å². The molecule has 0 aromatic heterocycles. The van der Waals surface area contributed by atoms with Crippen LogP contribution in [0.15, 0.2) is 0 Å². The van der Waals surface area contributed by atoms with Gasteiger partial charge in [-0.05, 0) is 6.42 Å². The molecule has 0 aromatic carbocycles. The van der Waals surface area contributed by atoms with E-state index in [0.29, 0.717) is 6.42 Å². The SMILES string of the molecule is CCCCCCCCCCCC[C@H](O)CC(=O)O. The van der Waals surface area contributed by atoms with Gasteiger partial charge in [-0.3, -0.25) is 4.79 Å². The van der Waals surface area contributed by atoms with Crippen molar-refractivity contribution in [2.45, 2.75) is 90.1 Å². The van der Waals surface area contributed by atoms with E-state index in [-0.39, 0.29) is 6.42 Å². The molecule has 0 heterocycles. The normalized spacial score (nSPS) is 12.6. The predicted octanol–water partition coefficient (Wildman–Crippen LogP) is 4.13. The highest BCUT2D eigenvalue weighted by atomic mass is 16.4. The van der Waals surface area contributed by atoms with Gasteiger partial charge in [-0.1, -0.05) is 71.1 Å². The van der Waals surface area contributed by atoms with Crippen molar-refractivity contribution in [3.8, 4) is 0 Å². The summed E-state index contributed by atoms with van der Waals surface area (Å²) in [6.07, 6.45) is 12.5. The number of aliphatic carboxylic acids is 1. The maximum atomic E-state index is 10.3. The fourth-order valence-electron chi connectivity index (χ4n) is 2.17. The molecule has 0 fully saturated rings. The van der Waals surface area contributed by atoms with Crippen molar-refractivity contribution in [2.75, 3.05) is 0 Å². The van der Waals surface area contributed by atoms with Gasteiger partial charge in [0.25, 0.3) is 0 Å². The van der Waals surface area contributed by atoms with E-state index in [1.165, 1.54) is 51.4 Å². The Balaban J connectivity index is 3.09. The van der Waals surface area contributed by atoms with Gasteiger partial charge in [-0.2, -0.15) is 0 Å². The van der Waals surface area contributed by atoms with Crippen molar-refractivity contribution in [1.82, 2.24) is 0 Å². The molecular formula is C15H30O3. The molecule has 0 rings (SSSR count). The minimum atomic E-state index is -0.908. The van der Waals surface area contributed by atoms with Crippen molar-refractivity contribution >= 4 is 5.97 Å². The van der Waals surface area contributed by atoms with Gasteiger partial charge in [-0.25, -0.2) is 0 Å². The van der Waals surface area contributed by atoms with E-state index in [4.69, 9.17) is 5.11 Å². The molecule has 3 nitrogen and oxygen atoms in total. The number of hydrogen-bond acceptors (Lipinski definition) is 2. The molecule has 0 aliphatic heterocycles. The number of carbonyl (C=O) groups is 1. The molecule has 0 aliphatic rings. The first-order valence-corrected chi connectivity index (χ1v) is 7.56. The Morgan fingerprint density at radius 3 is 1.78 bits per heavy atom. The molecule has 0 saturated heterocycles. The van der Waals surface area contributed by atoms with Gasteiger partial charge in [-0.15, -0.1) is 0 Å². The van der Waals surface area contributed by atoms with Crippen LogP contribution in [0.2, 0.25) is 0 Å². The van der Waals surface area contributed by atoms with Crippen molar-refractivity contribution in [3.63, 3.8) is 0 Å². The zero-order valence-corrected chi connectivity index (χ0v) is 11.9. The number of hydrogen-bond donors (Lipinski definition) is 2. The molecule has 1 atom stereocenters. The topological polar surface area (TPSA) is 57.5 Å². The van der Waals surface area contributed by atoms with Crippen molar-refractivity contribution in [2.24, 2.45) is 0 Å². The molecule has 0 spiro atoms. The maximum absolute atomic E-state index is 10.3. The lowest BCUT2D eigenvalue weighted by Crippen LogP contribution is -2.12. The number of aliphatic hydroxyl groups is 1. The van der Waals surface area contributed by atoms with Crippen LogP contribution in [0, 0.1) is 0 Å². The Labute approximate surface area is 112 Å². The second kappa shape index (κ2) is 12.9. The fraction of sp³-hybridized carbons (Fsp3) is 0.933. The lowest BCUT2D eigenvalue weighted by molar-refractivity contribution is -0.139. The van der Waals surface area contributed by atoms with E-state index >= 15 is 0 Å². The number of carboxylic acids is 1. The average Bonchev–Trinajstić information content (AvgIpc) is 2.30. The summed E-state index contributed by atoms with van der Waals surface area (Å²) in [5, 5.41) is 17.8. The first kappa shape index (κ1) is 17.4. The standard InChI is InChI=1S/C15H30O3/c1-2-3-4-5-6-7-8-9-10-11-12-14(16)13-15(17)18/h14,16H,2-13H2,1H3,(H,17,18)/t14-/m0/s1. The minimum Gasteiger partial charge on any atom is -0.481 e. The first-order valence-electron chi connectivity index (χ1n) is 7.56. The van der Waals surface area contributed by atoms with Gasteiger partial charge in [0.2, 0.25) is 0 Å². The van der Waals surface area contributed by atoms with Crippen LogP contribution in [0.1, 0.15) is 84.0 Å². The third kappa shape index (κ3) is 13.5. The van der Waals surface area contributed by atoms with Gasteiger partial charge in [0.05, 0.1) is 12.5 Å². The van der Waals surface area contributed by atoms with Crippen LogP contribution in [-0.4, -0.2) is 22.3 Å². The zero-order chi connectivity index (χ0) is 13.6. The van der Waals surface area contributed by atoms with Crippen LogP contribution in [0.25, 0.3) is 0 Å². The average molecular weight is 258 g/mol. The summed E-state index contributed by atoms with van der Waals surface area (Å²) in [4.78, 5) is 10.3. The number of rotatable bonds is 13. The highest BCUT2D eigenvalue weighted by Crippen LogP contribution is 2.12. The summed E-state index contributed by atoms with van der Waals surface area (Å²) >= 11 is 0. The molecular weight excluding hydrogens is 228 g/mol. The zero-order valence-electron chi connectivity index (χ0n) is 11.9. The van der Waals surface area contributed by atoms with E-state index in [0.717, 1.165) is 12.8 Å². The highest BCUT2D eigenvalue weighted by molar-refractivity contribution is 5.67. The van der Waals surface area contributed by atoms with Crippen molar-refractivity contribution < 1.29 is 15.0 Å². The number of aliphatic hydroxyl groups excluding tert-OH is 1. The van der Waals surface area contributed by atoms with Gasteiger partial charge >= 0.3 is 5.97 Å². The summed E-state index contributed by atoms with van der Waals surface area (Å²) in [6, 6.07) is 0. The second-order valence-electron chi connectivity index (χ2n) is 5.22. The van der Waals surface area contributed by atoms with Crippen LogP contribution in [0.5, 0.6) is 0 Å². The molecule has 0 radical (unpaired) electrons.